The van der Waals surface area contributed by atoms with Gasteiger partial charge in [0.05, 0.1) is 24.8 Å². The zero-order valence-corrected chi connectivity index (χ0v) is 25.2. The van der Waals surface area contributed by atoms with Crippen LogP contribution in [0.1, 0.15) is 50.7 Å². The van der Waals surface area contributed by atoms with Crippen LogP contribution >= 0.6 is 0 Å². The van der Waals surface area contributed by atoms with E-state index in [-0.39, 0.29) is 21.1 Å². The summed E-state index contributed by atoms with van der Waals surface area (Å²) < 4.78 is 17.3. The zero-order valence-electron chi connectivity index (χ0n) is 23.0. The van der Waals surface area contributed by atoms with Gasteiger partial charge in [-0.15, -0.1) is 47.5 Å². The smallest absolute Gasteiger partial charge is 0.320 e. The number of imidazole rings is 1. The molecule has 206 valence electrons. The third-order valence-electron chi connectivity index (χ3n) is 6.69. The maximum atomic E-state index is 6.22. The molecule has 7 nitrogen and oxygen atoms in total. The van der Waals surface area contributed by atoms with Crippen molar-refractivity contribution in [3.63, 3.8) is 0 Å². The Morgan fingerprint density at radius 3 is 2.17 bits per heavy atom. The molecule has 0 spiro atoms. The van der Waals surface area contributed by atoms with Crippen LogP contribution in [-0.2, 0) is 28.1 Å². The molecule has 0 aliphatic rings. The number of aryl methyl sites for hydroxylation is 1. The fourth-order valence-electron chi connectivity index (χ4n) is 4.85. The first-order valence-electron chi connectivity index (χ1n) is 13.0. The summed E-state index contributed by atoms with van der Waals surface area (Å²) in [6.07, 6.45) is 8.60. The van der Waals surface area contributed by atoms with Crippen LogP contribution in [0, 0.1) is 18.5 Å². The van der Waals surface area contributed by atoms with E-state index in [2.05, 4.69) is 74.0 Å². The van der Waals surface area contributed by atoms with Crippen molar-refractivity contribution in [1.29, 1.82) is 0 Å². The molecule has 6 aromatic rings. The van der Waals surface area contributed by atoms with Gasteiger partial charge in [-0.1, -0.05) is 63.1 Å². The van der Waals surface area contributed by atoms with Crippen LogP contribution in [0.5, 0.6) is 11.5 Å². The maximum Gasteiger partial charge on any atom is 0.320 e. The van der Waals surface area contributed by atoms with Crippen LogP contribution < -0.4 is 9.42 Å². The van der Waals surface area contributed by atoms with Gasteiger partial charge in [0.1, 0.15) is 0 Å². The molecule has 0 N–H and O–H groups in total. The maximum absolute atomic E-state index is 6.22. The second-order valence-electron chi connectivity index (χ2n) is 10.1. The Labute approximate surface area is 248 Å². The van der Waals surface area contributed by atoms with Gasteiger partial charge < -0.3 is 18.1 Å². The average Bonchev–Trinajstić information content (AvgIpc) is 3.64. The molecule has 3 heterocycles. The van der Waals surface area contributed by atoms with Crippen molar-refractivity contribution < 1.29 is 34.9 Å². The molecule has 0 amide bonds. The van der Waals surface area contributed by atoms with E-state index in [9.17, 15) is 0 Å². The van der Waals surface area contributed by atoms with Crippen LogP contribution in [0.2, 0.25) is 0 Å². The molecule has 3 aromatic carbocycles. The van der Waals surface area contributed by atoms with Crippen LogP contribution in [0.3, 0.4) is 0 Å². The summed E-state index contributed by atoms with van der Waals surface area (Å²) in [6, 6.07) is 24.9. The van der Waals surface area contributed by atoms with Crippen LogP contribution in [0.25, 0.3) is 34.2 Å². The summed E-state index contributed by atoms with van der Waals surface area (Å²) in [4.78, 5) is 4.73. The normalized spacial score (nSPS) is 11.4. The van der Waals surface area contributed by atoms with Gasteiger partial charge in [-0.05, 0) is 23.0 Å². The molecule has 0 fully saturated rings. The molecule has 3 aromatic heterocycles. The Balaban J connectivity index is 0.00000323. The summed E-state index contributed by atoms with van der Waals surface area (Å²) >= 11 is 0. The van der Waals surface area contributed by atoms with Crippen molar-refractivity contribution >= 4 is 5.84 Å². The summed E-state index contributed by atoms with van der Waals surface area (Å²) in [7, 11) is 1.80. The second kappa shape index (κ2) is 11.3. The van der Waals surface area contributed by atoms with E-state index in [0.29, 0.717) is 29.2 Å². The SMILES string of the molecule is CC(C)c1cccc(C(C)C)c1-n1ccnc1-c1[c-]c(Oc2[c-]c(-c3coc4n[n+](C)[c-]n34)ccc2)ccc1.[Pt]. The molecule has 0 radical (unpaired) electrons. The van der Waals surface area contributed by atoms with E-state index >= 15 is 0 Å². The molecule has 8 heteroatoms. The van der Waals surface area contributed by atoms with Gasteiger partial charge in [0.2, 0.25) is 6.33 Å². The first kappa shape index (κ1) is 27.6. The molecule has 0 atom stereocenters. The minimum Gasteiger partial charge on any atom is -0.497 e. The van der Waals surface area contributed by atoms with Crippen molar-refractivity contribution in [2.75, 3.05) is 0 Å². The first-order chi connectivity index (χ1) is 18.9. The molecule has 6 rings (SSSR count). The number of oxazole rings is 1. The molecule has 0 aliphatic carbocycles. The number of hydrogen-bond acceptors (Lipinski definition) is 4. The predicted molar refractivity (Wildman–Crippen MR) is 148 cm³/mol. The first-order valence-corrected chi connectivity index (χ1v) is 13.0. The van der Waals surface area contributed by atoms with Gasteiger partial charge in [-0.25, -0.2) is 0 Å². The minimum absolute atomic E-state index is 0. The van der Waals surface area contributed by atoms with E-state index in [1.54, 1.807) is 22.4 Å². The zero-order chi connectivity index (χ0) is 27.1. The third kappa shape index (κ3) is 5.14. The Morgan fingerprint density at radius 2 is 1.50 bits per heavy atom. The standard InChI is InChI=1S/C32H29N5O2.Pt/c1-21(2)27-13-8-14-28(22(3)4)30(27)36-16-15-33-31(36)24-10-7-12-26(18-24)39-25-11-6-9-23(17-25)29-19-38-32-34-35(5)20-37(29)32;/h6-16,19,21-22H,1-5H3;/q-2;. The second-order valence-corrected chi connectivity index (χ2v) is 10.1. The average molecular weight is 711 g/mol. The van der Waals surface area contributed by atoms with Crippen LogP contribution in [0.15, 0.2) is 77.7 Å². The van der Waals surface area contributed by atoms with Crippen molar-refractivity contribution in [2.24, 2.45) is 7.05 Å². The van der Waals surface area contributed by atoms with Gasteiger partial charge in [-0.3, -0.25) is 4.98 Å². The summed E-state index contributed by atoms with van der Waals surface area (Å²) in [5.41, 5.74) is 6.20. The Bertz CT molecular complexity index is 1750. The predicted octanol–water partition coefficient (Wildman–Crippen LogP) is 6.71. The number of fused-ring (bicyclic) bond motifs is 1. The number of rotatable bonds is 7. The van der Waals surface area contributed by atoms with Gasteiger partial charge in [0.25, 0.3) is 0 Å². The van der Waals surface area contributed by atoms with Crippen LogP contribution in [-0.4, -0.2) is 19.1 Å². The molecule has 0 saturated carbocycles. The van der Waals surface area contributed by atoms with E-state index in [1.807, 2.05) is 48.8 Å². The van der Waals surface area contributed by atoms with Crippen molar-refractivity contribution in [1.82, 2.24) is 19.1 Å². The molecular weight excluding hydrogens is 681 g/mol. The molecule has 0 aliphatic heterocycles. The number of para-hydroxylation sites is 1. The topological polar surface area (TPSA) is 61.4 Å². The number of aromatic nitrogens is 5. The van der Waals surface area contributed by atoms with E-state index < -0.39 is 0 Å². The fraction of sp³-hybridized carbons (Fsp3) is 0.219. The molecular formula is C32H29N5O2Pt-2. The Hall–Kier alpha value is -3.96. The monoisotopic (exact) mass is 710 g/mol. The summed E-state index contributed by atoms with van der Waals surface area (Å²) in [6.45, 7) is 8.91. The summed E-state index contributed by atoms with van der Waals surface area (Å²) in [5.74, 6) is 3.16. The van der Waals surface area contributed by atoms with Crippen molar-refractivity contribution in [3.8, 4) is 39.8 Å². The Kier molecular flexibility index (Phi) is 7.77. The van der Waals surface area contributed by atoms with E-state index in [4.69, 9.17) is 14.1 Å². The third-order valence-corrected chi connectivity index (χ3v) is 6.69. The molecule has 40 heavy (non-hydrogen) atoms. The molecule has 0 unspecified atom stereocenters. The van der Waals surface area contributed by atoms with Crippen molar-refractivity contribution in [2.45, 2.75) is 39.5 Å². The van der Waals surface area contributed by atoms with Crippen LogP contribution in [0.4, 0.5) is 0 Å². The number of nitrogens with zero attached hydrogens (tertiary/aromatic N) is 5. The Morgan fingerprint density at radius 1 is 0.875 bits per heavy atom. The van der Waals surface area contributed by atoms with Gasteiger partial charge in [0, 0.05) is 50.6 Å². The van der Waals surface area contributed by atoms with Gasteiger partial charge in [0.15, 0.2) is 0 Å². The number of hydrogen-bond donors (Lipinski definition) is 0. The minimum atomic E-state index is 0. The molecule has 0 bridgehead atoms. The van der Waals surface area contributed by atoms with E-state index in [0.717, 1.165) is 22.6 Å². The van der Waals surface area contributed by atoms with E-state index in [1.165, 1.54) is 16.8 Å². The summed E-state index contributed by atoms with van der Waals surface area (Å²) in [5, 5.41) is 4.24. The largest absolute Gasteiger partial charge is 0.497 e. The fourth-order valence-corrected chi connectivity index (χ4v) is 4.85. The van der Waals surface area contributed by atoms with Gasteiger partial charge in [-0.2, -0.15) is 4.68 Å². The number of ether oxygens (including phenoxy) is 1. The van der Waals surface area contributed by atoms with Gasteiger partial charge >= 0.3 is 5.84 Å². The molecule has 0 saturated heterocycles. The van der Waals surface area contributed by atoms with Crippen molar-refractivity contribution in [3.05, 3.63) is 103 Å². The number of benzene rings is 3. The quantitative estimate of drug-likeness (QED) is 0.137.